The molecule has 2 atom stereocenters. The van der Waals surface area contributed by atoms with E-state index >= 15 is 0 Å². The molecule has 1 unspecified atom stereocenters. The first-order valence-corrected chi connectivity index (χ1v) is 12.2. The van der Waals surface area contributed by atoms with Crippen LogP contribution in [0.3, 0.4) is 0 Å². The van der Waals surface area contributed by atoms with Crippen LogP contribution in [0, 0.1) is 11.3 Å². The lowest BCUT2D eigenvalue weighted by Crippen LogP contribution is -2.35. The van der Waals surface area contributed by atoms with Crippen LogP contribution in [0.1, 0.15) is 21.7 Å². The summed E-state index contributed by atoms with van der Waals surface area (Å²) < 4.78 is 33.7. The Kier molecular flexibility index (Phi) is 9.47. The number of halogens is 4. The molecule has 0 spiro atoms. The first-order valence-electron chi connectivity index (χ1n) is 11.0. The standard InChI is InChI=1S/C22H18ClN5O3S.C2HF3O2/c23-19-7-6-18(32-19)22(31)26-14-10-17(25-12-14)21(30)27-16-5-4-15(9-13(16)11-24)28-8-2-1-3-20(28)29;3-2(4,5)1(6)7/h1-9,14,17,25H,10,12H2,(H,26,31)(H,27,30);(H,6,7)/t14-,17?;/m0./s1. The minimum Gasteiger partial charge on any atom is -0.475 e. The fourth-order valence-electron chi connectivity index (χ4n) is 3.48. The van der Waals surface area contributed by atoms with Crippen LogP contribution in [0.15, 0.2) is 59.5 Å². The topological polar surface area (TPSA) is 153 Å². The maximum Gasteiger partial charge on any atom is 0.490 e. The van der Waals surface area contributed by atoms with Gasteiger partial charge in [0.2, 0.25) is 5.91 Å². The number of hydrogen-bond acceptors (Lipinski definition) is 7. The molecule has 4 rings (SSSR count). The number of nitrogens with zero attached hydrogens (tertiary/aromatic N) is 2. The number of nitriles is 1. The van der Waals surface area contributed by atoms with Crippen molar-refractivity contribution in [3.63, 3.8) is 0 Å². The van der Waals surface area contributed by atoms with Crippen LogP contribution in [-0.2, 0) is 9.59 Å². The molecule has 1 aliphatic heterocycles. The second-order valence-electron chi connectivity index (χ2n) is 8.01. The van der Waals surface area contributed by atoms with Crippen molar-refractivity contribution in [2.75, 3.05) is 11.9 Å². The number of pyridine rings is 1. The minimum absolute atomic E-state index is 0.207. The maximum atomic E-state index is 12.7. The van der Waals surface area contributed by atoms with Gasteiger partial charge in [0.15, 0.2) is 0 Å². The van der Waals surface area contributed by atoms with Gasteiger partial charge < -0.3 is 21.1 Å². The van der Waals surface area contributed by atoms with E-state index in [0.29, 0.717) is 33.6 Å². The van der Waals surface area contributed by atoms with Crippen molar-refractivity contribution in [3.05, 3.63) is 79.9 Å². The van der Waals surface area contributed by atoms with Crippen LogP contribution in [-0.4, -0.2) is 52.3 Å². The number of anilines is 1. The zero-order chi connectivity index (χ0) is 28.7. The van der Waals surface area contributed by atoms with Gasteiger partial charge in [0.1, 0.15) is 6.07 Å². The van der Waals surface area contributed by atoms with Gasteiger partial charge in [0.25, 0.3) is 11.5 Å². The van der Waals surface area contributed by atoms with E-state index in [4.69, 9.17) is 21.5 Å². The summed E-state index contributed by atoms with van der Waals surface area (Å²) in [7, 11) is 0. The van der Waals surface area contributed by atoms with E-state index in [9.17, 15) is 32.8 Å². The molecule has 15 heteroatoms. The Morgan fingerprint density at radius 1 is 1.18 bits per heavy atom. The van der Waals surface area contributed by atoms with E-state index in [1.807, 2.05) is 0 Å². The van der Waals surface area contributed by atoms with Crippen molar-refractivity contribution in [1.82, 2.24) is 15.2 Å². The number of amides is 2. The van der Waals surface area contributed by atoms with Gasteiger partial charge in [-0.1, -0.05) is 17.7 Å². The first kappa shape index (κ1) is 29.4. The number of hydrogen-bond donors (Lipinski definition) is 4. The third-order valence-corrected chi connectivity index (χ3v) is 6.53. The van der Waals surface area contributed by atoms with Crippen LogP contribution in [0.5, 0.6) is 0 Å². The molecular formula is C24H19ClF3N5O5S. The lowest BCUT2D eigenvalue weighted by molar-refractivity contribution is -0.192. The molecule has 1 aliphatic rings. The highest BCUT2D eigenvalue weighted by Crippen LogP contribution is 2.22. The lowest BCUT2D eigenvalue weighted by atomic mass is 10.1. The van der Waals surface area contributed by atoms with Crippen LogP contribution in [0.4, 0.5) is 18.9 Å². The van der Waals surface area contributed by atoms with Crippen LogP contribution in [0.25, 0.3) is 5.69 Å². The number of aromatic nitrogens is 1. The Hall–Kier alpha value is -4.19. The molecule has 0 bridgehead atoms. The van der Waals surface area contributed by atoms with Crippen LogP contribution < -0.4 is 21.5 Å². The predicted molar refractivity (Wildman–Crippen MR) is 136 cm³/mol. The normalized spacial score (nSPS) is 16.4. The van der Waals surface area contributed by atoms with E-state index in [2.05, 4.69) is 22.0 Å². The van der Waals surface area contributed by atoms with Crippen molar-refractivity contribution >= 4 is 46.4 Å². The molecule has 1 aromatic carbocycles. The second kappa shape index (κ2) is 12.6. The highest BCUT2D eigenvalue weighted by molar-refractivity contribution is 7.18. The van der Waals surface area contributed by atoms with Crippen molar-refractivity contribution in [2.24, 2.45) is 0 Å². The van der Waals surface area contributed by atoms with Gasteiger partial charge in [-0.3, -0.25) is 19.0 Å². The van der Waals surface area contributed by atoms with E-state index < -0.39 is 18.2 Å². The zero-order valence-corrected chi connectivity index (χ0v) is 21.2. The lowest BCUT2D eigenvalue weighted by Gasteiger charge is -2.14. The number of rotatable bonds is 5. The molecule has 39 heavy (non-hydrogen) atoms. The fraction of sp³-hybridized carbons (Fsp3) is 0.208. The van der Waals surface area contributed by atoms with E-state index in [1.165, 1.54) is 22.0 Å². The third kappa shape index (κ3) is 7.90. The summed E-state index contributed by atoms with van der Waals surface area (Å²) in [4.78, 5) is 46.5. The summed E-state index contributed by atoms with van der Waals surface area (Å²) in [5, 5.41) is 25.4. The number of benzene rings is 1. The number of carboxylic acids is 1. The summed E-state index contributed by atoms with van der Waals surface area (Å²) in [6.07, 6.45) is -3.06. The predicted octanol–water partition coefficient (Wildman–Crippen LogP) is 3.16. The van der Waals surface area contributed by atoms with Crippen molar-refractivity contribution in [1.29, 1.82) is 5.26 Å². The van der Waals surface area contributed by atoms with Gasteiger partial charge in [-0.2, -0.15) is 18.4 Å². The molecule has 10 nitrogen and oxygen atoms in total. The number of carbonyl (C=O) groups is 3. The molecule has 4 N–H and O–H groups in total. The van der Waals surface area contributed by atoms with Gasteiger partial charge in [0, 0.05) is 24.8 Å². The summed E-state index contributed by atoms with van der Waals surface area (Å²) in [5.41, 5.74) is 0.901. The SMILES string of the molecule is N#Cc1cc(-n2ccccc2=O)ccc1NC(=O)C1C[C@H](NC(=O)c2ccc(Cl)s2)CN1.O=C(O)C(F)(F)F. The van der Waals surface area contributed by atoms with E-state index in [-0.39, 0.29) is 29.0 Å². The average molecular weight is 582 g/mol. The Morgan fingerprint density at radius 3 is 2.49 bits per heavy atom. The largest absolute Gasteiger partial charge is 0.490 e. The van der Waals surface area contributed by atoms with Gasteiger partial charge in [-0.25, -0.2) is 4.79 Å². The van der Waals surface area contributed by atoms with Gasteiger partial charge in [-0.15, -0.1) is 11.3 Å². The molecule has 204 valence electrons. The third-order valence-electron chi connectivity index (χ3n) is 5.30. The molecule has 2 aromatic heterocycles. The van der Waals surface area contributed by atoms with E-state index in [1.54, 1.807) is 48.7 Å². The summed E-state index contributed by atoms with van der Waals surface area (Å²) in [6, 6.07) is 14.2. The molecule has 0 aliphatic carbocycles. The number of aliphatic carboxylic acids is 1. The number of nitrogens with one attached hydrogen (secondary N) is 3. The van der Waals surface area contributed by atoms with Gasteiger partial charge >= 0.3 is 12.1 Å². The number of thiophene rings is 1. The average Bonchev–Trinajstić information content (AvgIpc) is 3.53. The van der Waals surface area contributed by atoms with Gasteiger partial charge in [-0.05, 0) is 42.8 Å². The quantitative estimate of drug-likeness (QED) is 0.361. The highest BCUT2D eigenvalue weighted by Gasteiger charge is 2.38. The smallest absolute Gasteiger partial charge is 0.475 e. The molecule has 3 aromatic rings. The molecular weight excluding hydrogens is 563 g/mol. The summed E-state index contributed by atoms with van der Waals surface area (Å²) in [5.74, 6) is -3.29. The minimum atomic E-state index is -5.08. The number of carboxylic acid groups (broad SMARTS) is 1. The molecule has 1 fully saturated rings. The van der Waals surface area contributed by atoms with Crippen LogP contribution >= 0.6 is 22.9 Å². The number of alkyl halides is 3. The first-order chi connectivity index (χ1) is 18.4. The summed E-state index contributed by atoms with van der Waals surface area (Å²) >= 11 is 7.07. The molecule has 0 saturated carbocycles. The van der Waals surface area contributed by atoms with Crippen molar-refractivity contribution in [2.45, 2.75) is 24.7 Å². The molecule has 3 heterocycles. The van der Waals surface area contributed by atoms with Crippen molar-refractivity contribution < 1.29 is 32.7 Å². The fourth-order valence-corrected chi connectivity index (χ4v) is 4.43. The Bertz CT molecular complexity index is 1480. The molecule has 2 amide bonds. The monoisotopic (exact) mass is 581 g/mol. The molecule has 0 radical (unpaired) electrons. The molecule has 1 saturated heterocycles. The Morgan fingerprint density at radius 2 is 1.90 bits per heavy atom. The van der Waals surface area contributed by atoms with Crippen molar-refractivity contribution in [3.8, 4) is 11.8 Å². The number of carbonyl (C=O) groups excluding carboxylic acids is 2. The second-order valence-corrected chi connectivity index (χ2v) is 9.73. The Labute approximate surface area is 227 Å². The van der Waals surface area contributed by atoms with E-state index in [0.717, 1.165) is 0 Å². The van der Waals surface area contributed by atoms with Crippen LogP contribution in [0.2, 0.25) is 4.34 Å². The Balaban J connectivity index is 0.000000532. The van der Waals surface area contributed by atoms with Gasteiger partial charge in [0.05, 0.1) is 32.2 Å². The highest BCUT2D eigenvalue weighted by atomic mass is 35.5. The summed E-state index contributed by atoms with van der Waals surface area (Å²) in [6.45, 7) is 0.448. The maximum absolute atomic E-state index is 12.7. The zero-order valence-electron chi connectivity index (χ0n) is 19.7.